The minimum atomic E-state index is -0.0553. The average Bonchev–Trinajstić information content (AvgIpc) is 3.45. The number of rotatable bonds is 11. The summed E-state index contributed by atoms with van der Waals surface area (Å²) >= 11 is 0. The minimum absolute atomic E-state index is 0.0553. The van der Waals surface area contributed by atoms with Gasteiger partial charge in [0, 0.05) is 44.9 Å². The van der Waals surface area contributed by atoms with Crippen LogP contribution in [0.2, 0.25) is 0 Å². The van der Waals surface area contributed by atoms with E-state index in [9.17, 15) is 0 Å². The van der Waals surface area contributed by atoms with E-state index >= 15 is 0 Å². The fraction of sp³-hybridized carbons (Fsp3) is 0.667. The summed E-state index contributed by atoms with van der Waals surface area (Å²) in [7, 11) is 1.81. The van der Waals surface area contributed by atoms with Gasteiger partial charge in [0.25, 0.3) is 0 Å². The van der Waals surface area contributed by atoms with Crippen molar-refractivity contribution in [2.75, 3.05) is 33.4 Å². The predicted octanol–water partition coefficient (Wildman–Crippen LogP) is 3.10. The molecule has 0 aromatic heterocycles. The van der Waals surface area contributed by atoms with E-state index in [1.165, 1.54) is 18.4 Å². The molecule has 0 bridgehead atoms. The third kappa shape index (κ3) is 8.19. The summed E-state index contributed by atoms with van der Waals surface area (Å²) in [6, 6.07) is 10.8. The van der Waals surface area contributed by atoms with Crippen LogP contribution in [0.15, 0.2) is 35.3 Å². The standard InChI is InChI=1S/C21H36N4O/c1-17(19-9-6-5-7-10-19)25-21(2,3)16-24-20(22-4)23-13-8-14-26-15-18-11-12-18/h5-7,9-10,17-18,25H,8,11-16H2,1-4H3,(H2,22,23,24). The van der Waals surface area contributed by atoms with Gasteiger partial charge in [-0.3, -0.25) is 4.99 Å². The monoisotopic (exact) mass is 360 g/mol. The fourth-order valence-corrected chi connectivity index (χ4v) is 2.90. The van der Waals surface area contributed by atoms with Crippen LogP contribution in [-0.2, 0) is 4.74 Å². The van der Waals surface area contributed by atoms with E-state index in [-0.39, 0.29) is 5.54 Å². The van der Waals surface area contributed by atoms with Crippen molar-refractivity contribution in [2.45, 2.75) is 51.6 Å². The molecule has 146 valence electrons. The van der Waals surface area contributed by atoms with Gasteiger partial charge in [-0.25, -0.2) is 0 Å². The maximum Gasteiger partial charge on any atom is 0.191 e. The second-order valence-corrected chi connectivity index (χ2v) is 7.88. The quantitative estimate of drug-likeness (QED) is 0.322. The lowest BCUT2D eigenvalue weighted by atomic mass is 10.0. The summed E-state index contributed by atoms with van der Waals surface area (Å²) in [6.45, 7) is 10.0. The molecule has 0 spiro atoms. The Morgan fingerprint density at radius 2 is 1.96 bits per heavy atom. The molecule has 1 aliphatic carbocycles. The van der Waals surface area contributed by atoms with Gasteiger partial charge in [-0.2, -0.15) is 0 Å². The minimum Gasteiger partial charge on any atom is -0.381 e. The first-order valence-electron chi connectivity index (χ1n) is 9.85. The highest BCUT2D eigenvalue weighted by Crippen LogP contribution is 2.28. The van der Waals surface area contributed by atoms with Crippen LogP contribution in [0.4, 0.5) is 0 Å². The molecule has 2 rings (SSSR count). The molecule has 1 unspecified atom stereocenters. The smallest absolute Gasteiger partial charge is 0.191 e. The van der Waals surface area contributed by atoms with Crippen LogP contribution < -0.4 is 16.0 Å². The number of hydrogen-bond donors (Lipinski definition) is 3. The first-order chi connectivity index (χ1) is 12.5. The molecule has 0 heterocycles. The Morgan fingerprint density at radius 1 is 1.23 bits per heavy atom. The van der Waals surface area contributed by atoms with Crippen LogP contribution in [0.5, 0.6) is 0 Å². The number of ether oxygens (including phenoxy) is 1. The van der Waals surface area contributed by atoms with E-state index in [2.05, 4.69) is 72.0 Å². The number of aliphatic imine (C=N–C) groups is 1. The Hall–Kier alpha value is -1.59. The molecule has 1 saturated carbocycles. The summed E-state index contributed by atoms with van der Waals surface area (Å²) in [6.07, 6.45) is 3.70. The predicted molar refractivity (Wildman–Crippen MR) is 110 cm³/mol. The van der Waals surface area contributed by atoms with Gasteiger partial charge in [0.1, 0.15) is 0 Å². The molecule has 1 aliphatic rings. The van der Waals surface area contributed by atoms with Crippen LogP contribution in [0.25, 0.3) is 0 Å². The number of hydrogen-bond acceptors (Lipinski definition) is 3. The molecular weight excluding hydrogens is 324 g/mol. The summed E-state index contributed by atoms with van der Waals surface area (Å²) in [5.41, 5.74) is 1.24. The van der Waals surface area contributed by atoms with Crippen molar-refractivity contribution in [2.24, 2.45) is 10.9 Å². The third-order valence-corrected chi connectivity index (χ3v) is 4.64. The molecule has 0 amide bonds. The molecule has 0 aliphatic heterocycles. The molecule has 1 atom stereocenters. The van der Waals surface area contributed by atoms with Crippen molar-refractivity contribution in [3.8, 4) is 0 Å². The molecule has 26 heavy (non-hydrogen) atoms. The first kappa shape index (κ1) is 20.7. The molecule has 1 aromatic carbocycles. The van der Waals surface area contributed by atoms with Crippen molar-refractivity contribution >= 4 is 5.96 Å². The Kier molecular flexibility index (Phi) is 8.39. The second kappa shape index (κ2) is 10.5. The molecule has 3 N–H and O–H groups in total. The Labute approximate surface area is 159 Å². The summed E-state index contributed by atoms with van der Waals surface area (Å²) in [5, 5.41) is 10.5. The van der Waals surface area contributed by atoms with Crippen LogP contribution in [0.1, 0.15) is 51.6 Å². The zero-order chi connectivity index (χ0) is 18.8. The van der Waals surface area contributed by atoms with E-state index < -0.39 is 0 Å². The van der Waals surface area contributed by atoms with Gasteiger partial charge in [0.15, 0.2) is 5.96 Å². The van der Waals surface area contributed by atoms with Gasteiger partial charge in [0.2, 0.25) is 0 Å². The summed E-state index contributed by atoms with van der Waals surface area (Å²) in [5.74, 6) is 1.68. The number of nitrogens with zero attached hydrogens (tertiary/aromatic N) is 1. The third-order valence-electron chi connectivity index (χ3n) is 4.64. The van der Waals surface area contributed by atoms with Crippen molar-refractivity contribution < 1.29 is 4.74 Å². The number of nitrogens with one attached hydrogen (secondary N) is 3. The highest BCUT2D eigenvalue weighted by Gasteiger charge is 2.21. The SMILES string of the molecule is CN=C(NCCCOCC1CC1)NCC(C)(C)NC(C)c1ccccc1. The first-order valence-corrected chi connectivity index (χ1v) is 9.85. The zero-order valence-electron chi connectivity index (χ0n) is 16.8. The lowest BCUT2D eigenvalue weighted by Crippen LogP contribution is -2.52. The van der Waals surface area contributed by atoms with Gasteiger partial charge >= 0.3 is 0 Å². The lowest BCUT2D eigenvalue weighted by molar-refractivity contribution is 0.123. The molecular formula is C21H36N4O. The average molecular weight is 361 g/mol. The van der Waals surface area contributed by atoms with Gasteiger partial charge in [-0.15, -0.1) is 0 Å². The van der Waals surface area contributed by atoms with Crippen molar-refractivity contribution in [1.82, 2.24) is 16.0 Å². The van der Waals surface area contributed by atoms with Gasteiger partial charge < -0.3 is 20.7 Å². The Morgan fingerprint density at radius 3 is 2.62 bits per heavy atom. The van der Waals surface area contributed by atoms with Crippen LogP contribution >= 0.6 is 0 Å². The van der Waals surface area contributed by atoms with Crippen LogP contribution in [0, 0.1) is 5.92 Å². The van der Waals surface area contributed by atoms with Crippen LogP contribution in [-0.4, -0.2) is 44.8 Å². The van der Waals surface area contributed by atoms with Crippen molar-refractivity contribution in [3.63, 3.8) is 0 Å². The highest BCUT2D eigenvalue weighted by atomic mass is 16.5. The van der Waals surface area contributed by atoms with Crippen LogP contribution in [0.3, 0.4) is 0 Å². The van der Waals surface area contributed by atoms with E-state index in [4.69, 9.17) is 4.74 Å². The maximum atomic E-state index is 5.66. The molecule has 0 saturated heterocycles. The van der Waals surface area contributed by atoms with E-state index in [0.717, 1.165) is 44.6 Å². The zero-order valence-corrected chi connectivity index (χ0v) is 16.8. The van der Waals surface area contributed by atoms with Crippen molar-refractivity contribution in [1.29, 1.82) is 0 Å². The Balaban J connectivity index is 1.63. The maximum absolute atomic E-state index is 5.66. The van der Waals surface area contributed by atoms with Gasteiger partial charge in [-0.1, -0.05) is 30.3 Å². The normalized spacial score (nSPS) is 16.4. The van der Waals surface area contributed by atoms with E-state index in [1.807, 2.05) is 7.05 Å². The molecule has 5 heteroatoms. The number of benzene rings is 1. The lowest BCUT2D eigenvalue weighted by Gasteiger charge is -2.31. The van der Waals surface area contributed by atoms with Crippen molar-refractivity contribution in [3.05, 3.63) is 35.9 Å². The highest BCUT2D eigenvalue weighted by molar-refractivity contribution is 5.79. The number of guanidine groups is 1. The van der Waals surface area contributed by atoms with Gasteiger partial charge in [-0.05, 0) is 51.5 Å². The largest absolute Gasteiger partial charge is 0.381 e. The summed E-state index contributed by atoms with van der Waals surface area (Å²) < 4.78 is 5.66. The second-order valence-electron chi connectivity index (χ2n) is 7.88. The topological polar surface area (TPSA) is 57.7 Å². The molecule has 5 nitrogen and oxygen atoms in total. The summed E-state index contributed by atoms with van der Waals surface area (Å²) in [4.78, 5) is 4.31. The Bertz CT molecular complexity index is 540. The fourth-order valence-electron chi connectivity index (χ4n) is 2.90. The molecule has 1 fully saturated rings. The van der Waals surface area contributed by atoms with E-state index in [1.54, 1.807) is 0 Å². The molecule has 1 aromatic rings. The molecule has 0 radical (unpaired) electrons. The van der Waals surface area contributed by atoms with E-state index in [0.29, 0.717) is 6.04 Å². The van der Waals surface area contributed by atoms with Gasteiger partial charge in [0.05, 0.1) is 0 Å².